The number of pyridine rings is 1. The molecule has 0 aliphatic heterocycles. The third-order valence-electron chi connectivity index (χ3n) is 3.68. The Labute approximate surface area is 148 Å². The average molecular weight is 357 g/mol. The molecular formula is C19H14ClFN2O2. The van der Waals surface area contributed by atoms with Crippen LogP contribution < -0.4 is 10.9 Å². The van der Waals surface area contributed by atoms with E-state index in [-0.39, 0.29) is 17.2 Å². The first kappa shape index (κ1) is 16.9. The second-order valence-corrected chi connectivity index (χ2v) is 5.81. The fraction of sp³-hybridized carbons (Fsp3) is 0.0526. The number of rotatable bonds is 4. The van der Waals surface area contributed by atoms with Crippen molar-refractivity contribution in [1.82, 2.24) is 10.3 Å². The summed E-state index contributed by atoms with van der Waals surface area (Å²) in [7, 11) is 0. The van der Waals surface area contributed by atoms with Gasteiger partial charge in [0.25, 0.3) is 5.91 Å². The number of hydrogen-bond acceptors (Lipinski definition) is 2. The first-order chi connectivity index (χ1) is 12.0. The van der Waals surface area contributed by atoms with Crippen LogP contribution in [-0.4, -0.2) is 10.9 Å². The minimum atomic E-state index is -0.501. The molecule has 1 aromatic heterocycles. The summed E-state index contributed by atoms with van der Waals surface area (Å²) >= 11 is 5.99. The van der Waals surface area contributed by atoms with Crippen LogP contribution in [-0.2, 0) is 6.54 Å². The van der Waals surface area contributed by atoms with Gasteiger partial charge in [0.1, 0.15) is 5.82 Å². The Morgan fingerprint density at radius 1 is 1.04 bits per heavy atom. The molecule has 1 amide bonds. The Kier molecular flexibility index (Phi) is 4.95. The summed E-state index contributed by atoms with van der Waals surface area (Å²) in [6.45, 7) is 0.304. The highest BCUT2D eigenvalue weighted by atomic mass is 35.5. The normalized spacial score (nSPS) is 10.5. The van der Waals surface area contributed by atoms with Crippen LogP contribution in [0.25, 0.3) is 11.3 Å². The summed E-state index contributed by atoms with van der Waals surface area (Å²) in [5.41, 5.74) is 1.57. The first-order valence-corrected chi connectivity index (χ1v) is 7.93. The molecule has 0 atom stereocenters. The van der Waals surface area contributed by atoms with Crippen molar-refractivity contribution in [2.24, 2.45) is 0 Å². The fourth-order valence-corrected chi connectivity index (χ4v) is 2.60. The maximum atomic E-state index is 13.8. The Morgan fingerprint density at radius 2 is 1.76 bits per heavy atom. The van der Waals surface area contributed by atoms with Crippen molar-refractivity contribution in [3.63, 3.8) is 0 Å². The summed E-state index contributed by atoms with van der Waals surface area (Å²) < 4.78 is 13.8. The molecule has 0 aliphatic rings. The van der Waals surface area contributed by atoms with Gasteiger partial charge in [-0.25, -0.2) is 4.39 Å². The highest BCUT2D eigenvalue weighted by Crippen LogP contribution is 2.19. The predicted octanol–water partition coefficient (Wildman–Crippen LogP) is 3.76. The van der Waals surface area contributed by atoms with E-state index in [4.69, 9.17) is 11.6 Å². The van der Waals surface area contributed by atoms with E-state index < -0.39 is 5.82 Å². The third-order valence-corrected chi connectivity index (χ3v) is 4.01. The maximum Gasteiger partial charge on any atom is 0.253 e. The van der Waals surface area contributed by atoms with E-state index >= 15 is 0 Å². The summed E-state index contributed by atoms with van der Waals surface area (Å²) in [5.74, 6) is -0.771. The van der Waals surface area contributed by atoms with Crippen molar-refractivity contribution < 1.29 is 9.18 Å². The number of hydrogen-bond donors (Lipinski definition) is 2. The Bertz CT molecular complexity index is 968. The molecule has 0 radical (unpaired) electrons. The van der Waals surface area contributed by atoms with Crippen LogP contribution in [0.1, 0.15) is 15.9 Å². The van der Waals surface area contributed by atoms with Crippen molar-refractivity contribution in [1.29, 1.82) is 0 Å². The summed E-state index contributed by atoms with van der Waals surface area (Å²) in [5, 5.41) is 3.17. The fourth-order valence-electron chi connectivity index (χ4n) is 2.38. The lowest BCUT2D eigenvalue weighted by atomic mass is 10.1. The van der Waals surface area contributed by atoms with Crippen molar-refractivity contribution in [3.8, 4) is 11.3 Å². The molecule has 1 heterocycles. The number of aromatic amines is 1. The molecule has 0 saturated carbocycles. The van der Waals surface area contributed by atoms with Crippen LogP contribution in [0.3, 0.4) is 0 Å². The summed E-state index contributed by atoms with van der Waals surface area (Å²) in [6, 6.07) is 15.9. The zero-order chi connectivity index (χ0) is 17.8. The lowest BCUT2D eigenvalue weighted by Gasteiger charge is -2.08. The number of benzene rings is 2. The molecule has 3 aromatic rings. The number of amides is 1. The van der Waals surface area contributed by atoms with Gasteiger partial charge in [0.2, 0.25) is 5.56 Å². The minimum absolute atomic E-state index is 0.138. The molecule has 4 nitrogen and oxygen atoms in total. The lowest BCUT2D eigenvalue weighted by Crippen LogP contribution is -2.23. The molecule has 2 aromatic carbocycles. The number of aromatic nitrogens is 1. The standard InChI is InChI=1S/C19H14ClFN2O2/c20-15-4-2-1-3-14(15)19(25)22-11-12-5-7-13(8-6-12)18-16(21)9-10-17(24)23-18/h1-10H,11H2,(H,22,25)(H,23,24). The largest absolute Gasteiger partial charge is 0.348 e. The lowest BCUT2D eigenvalue weighted by molar-refractivity contribution is 0.0951. The van der Waals surface area contributed by atoms with Crippen molar-refractivity contribution in [3.05, 3.63) is 93.0 Å². The number of halogens is 2. The molecular weight excluding hydrogens is 343 g/mol. The van der Waals surface area contributed by atoms with Gasteiger partial charge in [0, 0.05) is 18.2 Å². The summed E-state index contributed by atoms with van der Waals surface area (Å²) in [4.78, 5) is 25.9. The average Bonchev–Trinajstić information content (AvgIpc) is 2.62. The van der Waals surface area contributed by atoms with Crippen LogP contribution in [0.15, 0.2) is 65.5 Å². The highest BCUT2D eigenvalue weighted by Gasteiger charge is 2.09. The van der Waals surface area contributed by atoms with E-state index in [2.05, 4.69) is 10.3 Å². The van der Waals surface area contributed by atoms with Crippen LogP contribution in [0.2, 0.25) is 5.02 Å². The minimum Gasteiger partial charge on any atom is -0.348 e. The zero-order valence-electron chi connectivity index (χ0n) is 13.1. The van der Waals surface area contributed by atoms with Gasteiger partial charge in [-0.2, -0.15) is 0 Å². The summed E-state index contributed by atoms with van der Waals surface area (Å²) in [6.07, 6.45) is 0. The van der Waals surface area contributed by atoms with Gasteiger partial charge in [-0.15, -0.1) is 0 Å². The van der Waals surface area contributed by atoms with Gasteiger partial charge < -0.3 is 10.3 Å². The molecule has 2 N–H and O–H groups in total. The number of carbonyl (C=O) groups excluding carboxylic acids is 1. The van der Waals surface area contributed by atoms with Crippen molar-refractivity contribution in [2.75, 3.05) is 0 Å². The third kappa shape index (κ3) is 3.95. The molecule has 0 saturated heterocycles. The maximum absolute atomic E-state index is 13.8. The number of carbonyl (C=O) groups is 1. The second-order valence-electron chi connectivity index (χ2n) is 5.40. The van der Waals surface area contributed by atoms with Crippen molar-refractivity contribution in [2.45, 2.75) is 6.54 Å². The topological polar surface area (TPSA) is 62.0 Å². The first-order valence-electron chi connectivity index (χ1n) is 7.55. The molecule has 0 spiro atoms. The van der Waals surface area contributed by atoms with E-state index in [0.717, 1.165) is 17.7 Å². The molecule has 0 fully saturated rings. The van der Waals surface area contributed by atoms with E-state index in [1.165, 1.54) is 0 Å². The van der Waals surface area contributed by atoms with Gasteiger partial charge >= 0.3 is 0 Å². The Balaban J connectivity index is 1.71. The monoisotopic (exact) mass is 356 g/mol. The van der Waals surface area contributed by atoms with Gasteiger partial charge in [0.15, 0.2) is 0 Å². The van der Waals surface area contributed by atoms with E-state index in [1.54, 1.807) is 48.5 Å². The second kappa shape index (κ2) is 7.32. The smallest absolute Gasteiger partial charge is 0.253 e. The van der Waals surface area contributed by atoms with E-state index in [0.29, 0.717) is 22.7 Å². The van der Waals surface area contributed by atoms with Crippen molar-refractivity contribution >= 4 is 17.5 Å². The van der Waals surface area contributed by atoms with Crippen LogP contribution in [0.4, 0.5) is 4.39 Å². The van der Waals surface area contributed by atoms with E-state index in [9.17, 15) is 14.0 Å². The van der Waals surface area contributed by atoms with Gasteiger partial charge in [0.05, 0.1) is 16.3 Å². The molecule has 0 bridgehead atoms. The van der Waals surface area contributed by atoms with Crippen LogP contribution >= 0.6 is 11.6 Å². The Hall–Kier alpha value is -2.92. The Morgan fingerprint density at radius 3 is 2.48 bits per heavy atom. The molecule has 126 valence electrons. The molecule has 0 aliphatic carbocycles. The zero-order valence-corrected chi connectivity index (χ0v) is 13.8. The quantitative estimate of drug-likeness (QED) is 0.747. The van der Waals surface area contributed by atoms with Gasteiger partial charge in [-0.1, -0.05) is 48.0 Å². The molecule has 25 heavy (non-hydrogen) atoms. The SMILES string of the molecule is O=C(NCc1ccc(-c2[nH]c(=O)ccc2F)cc1)c1ccccc1Cl. The predicted molar refractivity (Wildman–Crippen MR) is 95.1 cm³/mol. The van der Waals surface area contributed by atoms with E-state index in [1.807, 2.05) is 0 Å². The number of H-pyrrole nitrogens is 1. The highest BCUT2D eigenvalue weighted by molar-refractivity contribution is 6.33. The molecule has 6 heteroatoms. The van der Waals surface area contributed by atoms with Gasteiger partial charge in [-0.05, 0) is 23.8 Å². The number of nitrogens with one attached hydrogen (secondary N) is 2. The van der Waals surface area contributed by atoms with Gasteiger partial charge in [-0.3, -0.25) is 9.59 Å². The van der Waals surface area contributed by atoms with Crippen LogP contribution in [0, 0.1) is 5.82 Å². The molecule has 3 rings (SSSR count). The van der Waals surface area contributed by atoms with Crippen LogP contribution in [0.5, 0.6) is 0 Å². The molecule has 0 unspecified atom stereocenters.